The van der Waals surface area contributed by atoms with Gasteiger partial charge in [-0.2, -0.15) is 0 Å². The normalized spacial score (nSPS) is 21.1. The number of anilines is 2. The summed E-state index contributed by atoms with van der Waals surface area (Å²) in [5, 5.41) is 0. The van der Waals surface area contributed by atoms with Crippen molar-refractivity contribution in [1.82, 2.24) is 9.97 Å². The molecule has 0 saturated carbocycles. The first-order valence-electron chi connectivity index (χ1n) is 6.04. The maximum Gasteiger partial charge on any atom is 0.137 e. The van der Waals surface area contributed by atoms with Crippen molar-refractivity contribution in [1.29, 1.82) is 0 Å². The van der Waals surface area contributed by atoms with Gasteiger partial charge in [-0.15, -0.1) is 0 Å². The second-order valence-corrected chi connectivity index (χ2v) is 4.57. The van der Waals surface area contributed by atoms with Crippen LogP contribution in [-0.4, -0.2) is 23.1 Å². The van der Waals surface area contributed by atoms with Gasteiger partial charge >= 0.3 is 0 Å². The molecule has 1 aromatic heterocycles. The van der Waals surface area contributed by atoms with Gasteiger partial charge in [0.2, 0.25) is 0 Å². The highest BCUT2D eigenvalue weighted by Crippen LogP contribution is 2.26. The average Bonchev–Trinajstić information content (AvgIpc) is 2.33. The van der Waals surface area contributed by atoms with Crippen molar-refractivity contribution in [3.63, 3.8) is 0 Å². The minimum absolute atomic E-state index is 0.601. The van der Waals surface area contributed by atoms with Gasteiger partial charge in [0.25, 0.3) is 0 Å². The molecule has 2 N–H and O–H groups in total. The molecular weight excluding hydrogens is 200 g/mol. The van der Waals surface area contributed by atoms with Crippen molar-refractivity contribution in [2.45, 2.75) is 33.1 Å². The summed E-state index contributed by atoms with van der Waals surface area (Å²) in [4.78, 5) is 10.7. The SMILES string of the molecule is CCC1CCCN(c2ncnc(N)c2C)C1. The number of rotatable bonds is 2. The Labute approximate surface area is 96.9 Å². The van der Waals surface area contributed by atoms with Gasteiger partial charge in [-0.1, -0.05) is 13.3 Å². The zero-order valence-corrected chi connectivity index (χ0v) is 10.1. The smallest absolute Gasteiger partial charge is 0.137 e. The Bertz CT molecular complexity index is 364. The molecule has 2 rings (SSSR count). The second kappa shape index (κ2) is 4.68. The molecule has 1 atom stereocenters. The molecule has 0 aliphatic carbocycles. The molecule has 4 heteroatoms. The van der Waals surface area contributed by atoms with Crippen LogP contribution in [0.15, 0.2) is 6.33 Å². The van der Waals surface area contributed by atoms with Crippen LogP contribution in [0.2, 0.25) is 0 Å². The highest BCUT2D eigenvalue weighted by molar-refractivity contribution is 5.55. The number of nitrogen functional groups attached to an aromatic ring is 1. The quantitative estimate of drug-likeness (QED) is 0.828. The van der Waals surface area contributed by atoms with Crippen LogP contribution in [0.5, 0.6) is 0 Å². The first-order valence-corrected chi connectivity index (χ1v) is 6.04. The summed E-state index contributed by atoms with van der Waals surface area (Å²) in [6, 6.07) is 0. The monoisotopic (exact) mass is 220 g/mol. The molecule has 0 spiro atoms. The lowest BCUT2D eigenvalue weighted by Gasteiger charge is -2.33. The van der Waals surface area contributed by atoms with E-state index in [1.54, 1.807) is 6.33 Å². The predicted octanol–water partition coefficient (Wildman–Crippen LogP) is 1.99. The summed E-state index contributed by atoms with van der Waals surface area (Å²) < 4.78 is 0. The molecule has 0 bridgehead atoms. The third-order valence-corrected chi connectivity index (χ3v) is 3.49. The molecule has 1 aromatic rings. The molecule has 1 aliphatic rings. The fourth-order valence-corrected chi connectivity index (χ4v) is 2.36. The van der Waals surface area contributed by atoms with E-state index in [0.717, 1.165) is 30.4 Å². The standard InChI is InChI=1S/C12H20N4/c1-3-10-5-4-6-16(7-10)12-9(2)11(13)14-8-15-12/h8,10H,3-7H2,1-2H3,(H2,13,14,15). The summed E-state index contributed by atoms with van der Waals surface area (Å²) in [5.74, 6) is 2.42. The molecule has 0 amide bonds. The summed E-state index contributed by atoms with van der Waals surface area (Å²) >= 11 is 0. The van der Waals surface area contributed by atoms with Crippen LogP contribution in [0.1, 0.15) is 31.7 Å². The fourth-order valence-electron chi connectivity index (χ4n) is 2.36. The zero-order chi connectivity index (χ0) is 11.5. The van der Waals surface area contributed by atoms with E-state index in [-0.39, 0.29) is 0 Å². The summed E-state index contributed by atoms with van der Waals surface area (Å²) in [7, 11) is 0. The largest absolute Gasteiger partial charge is 0.383 e. The average molecular weight is 220 g/mol. The third-order valence-electron chi connectivity index (χ3n) is 3.49. The molecule has 4 nitrogen and oxygen atoms in total. The second-order valence-electron chi connectivity index (χ2n) is 4.57. The minimum Gasteiger partial charge on any atom is -0.383 e. The molecule has 1 saturated heterocycles. The first-order chi connectivity index (χ1) is 7.72. The van der Waals surface area contributed by atoms with E-state index in [1.165, 1.54) is 19.3 Å². The molecule has 0 aromatic carbocycles. The van der Waals surface area contributed by atoms with E-state index in [4.69, 9.17) is 5.73 Å². The lowest BCUT2D eigenvalue weighted by atomic mass is 9.95. The van der Waals surface area contributed by atoms with E-state index in [2.05, 4.69) is 21.8 Å². The van der Waals surface area contributed by atoms with Gasteiger partial charge < -0.3 is 10.6 Å². The highest BCUT2D eigenvalue weighted by atomic mass is 15.2. The fraction of sp³-hybridized carbons (Fsp3) is 0.667. The van der Waals surface area contributed by atoms with Gasteiger partial charge in [0, 0.05) is 18.7 Å². The van der Waals surface area contributed by atoms with Crippen LogP contribution in [0.4, 0.5) is 11.6 Å². The number of nitrogens with zero attached hydrogens (tertiary/aromatic N) is 3. The van der Waals surface area contributed by atoms with E-state index < -0.39 is 0 Å². The molecule has 1 aliphatic heterocycles. The topological polar surface area (TPSA) is 55.0 Å². The van der Waals surface area contributed by atoms with Gasteiger partial charge in [-0.3, -0.25) is 0 Å². The maximum atomic E-state index is 5.82. The Balaban J connectivity index is 2.20. The molecule has 1 fully saturated rings. The van der Waals surface area contributed by atoms with Crippen LogP contribution in [-0.2, 0) is 0 Å². The van der Waals surface area contributed by atoms with Crippen molar-refractivity contribution in [2.24, 2.45) is 5.92 Å². The van der Waals surface area contributed by atoms with Crippen molar-refractivity contribution in [3.8, 4) is 0 Å². The summed E-state index contributed by atoms with van der Waals surface area (Å²) in [6.45, 7) is 6.46. The van der Waals surface area contributed by atoms with Crippen LogP contribution >= 0.6 is 0 Å². The van der Waals surface area contributed by atoms with E-state index in [1.807, 2.05) is 6.92 Å². The predicted molar refractivity (Wildman–Crippen MR) is 66.4 cm³/mol. The molecule has 88 valence electrons. The van der Waals surface area contributed by atoms with Crippen molar-refractivity contribution in [3.05, 3.63) is 11.9 Å². The van der Waals surface area contributed by atoms with Crippen molar-refractivity contribution >= 4 is 11.6 Å². The van der Waals surface area contributed by atoms with E-state index in [0.29, 0.717) is 5.82 Å². The Morgan fingerprint density at radius 2 is 2.31 bits per heavy atom. The minimum atomic E-state index is 0.601. The first kappa shape index (κ1) is 11.2. The van der Waals surface area contributed by atoms with E-state index >= 15 is 0 Å². The lowest BCUT2D eigenvalue weighted by Crippen LogP contribution is -2.36. The zero-order valence-electron chi connectivity index (χ0n) is 10.1. The highest BCUT2D eigenvalue weighted by Gasteiger charge is 2.21. The van der Waals surface area contributed by atoms with Gasteiger partial charge in [0.05, 0.1) is 0 Å². The molecule has 16 heavy (non-hydrogen) atoms. The summed E-state index contributed by atoms with van der Waals surface area (Å²) in [5.41, 5.74) is 6.83. The molecule has 1 unspecified atom stereocenters. The number of aromatic nitrogens is 2. The lowest BCUT2D eigenvalue weighted by molar-refractivity contribution is 0.402. The van der Waals surface area contributed by atoms with Crippen LogP contribution in [0.3, 0.4) is 0 Å². The number of piperidine rings is 1. The van der Waals surface area contributed by atoms with Gasteiger partial charge in [-0.25, -0.2) is 9.97 Å². The van der Waals surface area contributed by atoms with Crippen molar-refractivity contribution in [2.75, 3.05) is 23.7 Å². The summed E-state index contributed by atoms with van der Waals surface area (Å²) in [6.07, 6.45) is 5.40. The van der Waals surface area contributed by atoms with Gasteiger partial charge in [0.15, 0.2) is 0 Å². The Morgan fingerprint density at radius 1 is 1.50 bits per heavy atom. The van der Waals surface area contributed by atoms with Crippen molar-refractivity contribution < 1.29 is 0 Å². The van der Waals surface area contributed by atoms with Crippen LogP contribution in [0, 0.1) is 12.8 Å². The third kappa shape index (κ3) is 2.10. The Morgan fingerprint density at radius 3 is 3.06 bits per heavy atom. The van der Waals surface area contributed by atoms with Gasteiger partial charge in [0.1, 0.15) is 18.0 Å². The molecular formula is C12H20N4. The van der Waals surface area contributed by atoms with Gasteiger partial charge in [-0.05, 0) is 25.7 Å². The van der Waals surface area contributed by atoms with E-state index in [9.17, 15) is 0 Å². The number of hydrogen-bond donors (Lipinski definition) is 1. The number of nitrogens with two attached hydrogens (primary N) is 1. The molecule has 0 radical (unpaired) electrons. The van der Waals surface area contributed by atoms with Crippen LogP contribution < -0.4 is 10.6 Å². The number of hydrogen-bond acceptors (Lipinski definition) is 4. The molecule has 2 heterocycles. The Kier molecular flexibility index (Phi) is 3.27. The Hall–Kier alpha value is -1.32. The van der Waals surface area contributed by atoms with Crippen LogP contribution in [0.25, 0.3) is 0 Å². The maximum absolute atomic E-state index is 5.82.